The van der Waals surface area contributed by atoms with E-state index in [1.54, 1.807) is 18.2 Å². The molecule has 0 aliphatic carbocycles. The molecule has 2 aliphatic heterocycles. The van der Waals surface area contributed by atoms with E-state index >= 15 is 0 Å². The van der Waals surface area contributed by atoms with Gasteiger partial charge in [-0.3, -0.25) is 0 Å². The Morgan fingerprint density at radius 2 is 2.04 bits per heavy atom. The van der Waals surface area contributed by atoms with Crippen LogP contribution in [0, 0.1) is 18.3 Å². The van der Waals surface area contributed by atoms with Crippen molar-refractivity contribution in [2.75, 3.05) is 5.32 Å². The van der Waals surface area contributed by atoms with E-state index < -0.39 is 0 Å². The number of benzene rings is 1. The van der Waals surface area contributed by atoms with Gasteiger partial charge in [-0.1, -0.05) is 18.0 Å². The molecule has 27 heavy (non-hydrogen) atoms. The van der Waals surface area contributed by atoms with Gasteiger partial charge in [-0.15, -0.1) is 0 Å². The number of nitrogens with zero attached hydrogens (tertiary/aromatic N) is 3. The lowest BCUT2D eigenvalue weighted by Crippen LogP contribution is -2.51. The van der Waals surface area contributed by atoms with Crippen LogP contribution in [-0.4, -0.2) is 28.2 Å². The summed E-state index contributed by atoms with van der Waals surface area (Å²) < 4.78 is 6.26. The van der Waals surface area contributed by atoms with Crippen LogP contribution in [0.2, 0.25) is 5.02 Å². The van der Waals surface area contributed by atoms with E-state index in [0.29, 0.717) is 40.1 Å². The summed E-state index contributed by atoms with van der Waals surface area (Å²) in [4.78, 5) is 8.68. The van der Waals surface area contributed by atoms with Crippen LogP contribution >= 0.6 is 11.6 Å². The van der Waals surface area contributed by atoms with Crippen LogP contribution in [-0.2, 0) is 0 Å². The van der Waals surface area contributed by atoms with E-state index in [1.165, 1.54) is 25.6 Å². The molecular formula is C20H22ClN5O. The van der Waals surface area contributed by atoms with E-state index in [0.717, 1.165) is 18.4 Å². The molecule has 2 N–H and O–H groups in total. The summed E-state index contributed by atoms with van der Waals surface area (Å²) in [5, 5.41) is 16.3. The van der Waals surface area contributed by atoms with Crippen LogP contribution in [0.3, 0.4) is 0 Å². The fourth-order valence-corrected chi connectivity index (χ4v) is 4.19. The summed E-state index contributed by atoms with van der Waals surface area (Å²) in [6.45, 7) is 1.94. The largest absolute Gasteiger partial charge is 0.474 e. The minimum Gasteiger partial charge on any atom is -0.474 e. The summed E-state index contributed by atoms with van der Waals surface area (Å²) in [7, 11) is 0. The number of hydrogen-bond acceptors (Lipinski definition) is 6. The van der Waals surface area contributed by atoms with Gasteiger partial charge in [-0.05, 0) is 50.8 Å². The summed E-state index contributed by atoms with van der Waals surface area (Å²) in [5.74, 6) is 1.27. The smallest absolute Gasteiger partial charge is 0.221 e. The molecule has 2 bridgehead atoms. The molecule has 0 saturated carbocycles. The number of fused-ring (bicyclic) bond motifs is 2. The molecular weight excluding hydrogens is 362 g/mol. The molecule has 140 valence electrons. The lowest BCUT2D eigenvalue weighted by atomic mass is 9.85. The monoisotopic (exact) mass is 383 g/mol. The number of aromatic nitrogens is 2. The molecule has 2 atom stereocenters. The summed E-state index contributed by atoms with van der Waals surface area (Å²) in [5.41, 5.74) is 2.06. The molecule has 2 fully saturated rings. The zero-order chi connectivity index (χ0) is 18.8. The van der Waals surface area contributed by atoms with Crippen LogP contribution in [0.5, 0.6) is 5.88 Å². The molecule has 4 rings (SSSR count). The molecule has 7 heteroatoms. The molecule has 0 spiro atoms. The van der Waals surface area contributed by atoms with Gasteiger partial charge in [0.1, 0.15) is 18.2 Å². The molecule has 2 aromatic rings. The maximum Gasteiger partial charge on any atom is 0.221 e. The van der Waals surface area contributed by atoms with Crippen molar-refractivity contribution in [3.05, 3.63) is 40.7 Å². The maximum atomic E-state index is 8.97. The van der Waals surface area contributed by atoms with Crippen molar-refractivity contribution in [1.82, 2.24) is 15.3 Å². The van der Waals surface area contributed by atoms with Gasteiger partial charge in [-0.2, -0.15) is 5.26 Å². The van der Waals surface area contributed by atoms with Crippen LogP contribution in [0.25, 0.3) is 0 Å². The van der Waals surface area contributed by atoms with Gasteiger partial charge < -0.3 is 15.4 Å². The summed E-state index contributed by atoms with van der Waals surface area (Å²) >= 11 is 6.27. The predicted molar refractivity (Wildman–Crippen MR) is 104 cm³/mol. The Bertz CT molecular complexity index is 869. The van der Waals surface area contributed by atoms with Crippen LogP contribution in [0.4, 0.5) is 11.5 Å². The number of anilines is 2. The molecule has 0 radical (unpaired) electrons. The Morgan fingerprint density at radius 1 is 1.26 bits per heavy atom. The van der Waals surface area contributed by atoms with E-state index in [1.807, 2.05) is 6.92 Å². The second-order valence-electron chi connectivity index (χ2n) is 7.29. The third kappa shape index (κ3) is 4.00. The highest BCUT2D eigenvalue weighted by Gasteiger charge is 2.32. The minimum absolute atomic E-state index is 0.182. The molecule has 2 saturated heterocycles. The zero-order valence-corrected chi connectivity index (χ0v) is 16.0. The fraction of sp³-hybridized carbons (Fsp3) is 0.450. The third-order valence-electron chi connectivity index (χ3n) is 5.34. The average molecular weight is 384 g/mol. The fourth-order valence-electron chi connectivity index (χ4n) is 3.96. The molecule has 1 aromatic heterocycles. The second-order valence-corrected chi connectivity index (χ2v) is 7.69. The quantitative estimate of drug-likeness (QED) is 0.826. The van der Waals surface area contributed by atoms with Crippen molar-refractivity contribution in [3.8, 4) is 11.9 Å². The van der Waals surface area contributed by atoms with Crippen molar-refractivity contribution in [2.24, 2.45) is 0 Å². The number of nitriles is 1. The molecule has 1 aromatic carbocycles. The number of ether oxygens (including phenoxy) is 1. The van der Waals surface area contributed by atoms with Gasteiger partial charge in [0.05, 0.1) is 27.9 Å². The van der Waals surface area contributed by atoms with E-state index in [-0.39, 0.29) is 6.10 Å². The Balaban J connectivity index is 1.50. The first-order chi connectivity index (χ1) is 13.1. The Morgan fingerprint density at radius 3 is 2.74 bits per heavy atom. The third-order valence-corrected chi connectivity index (χ3v) is 5.65. The maximum absolute atomic E-state index is 8.97. The van der Waals surface area contributed by atoms with Crippen molar-refractivity contribution in [1.29, 1.82) is 5.26 Å². The van der Waals surface area contributed by atoms with Crippen molar-refractivity contribution in [3.63, 3.8) is 0 Å². The van der Waals surface area contributed by atoms with Gasteiger partial charge in [0.15, 0.2) is 0 Å². The lowest BCUT2D eigenvalue weighted by Gasteiger charge is -2.40. The number of halogens is 1. The molecule has 0 amide bonds. The zero-order valence-electron chi connectivity index (χ0n) is 15.2. The average Bonchev–Trinajstić information content (AvgIpc) is 2.66. The Hall–Kier alpha value is -2.36. The minimum atomic E-state index is 0.182. The first kappa shape index (κ1) is 18.0. The van der Waals surface area contributed by atoms with E-state index in [9.17, 15) is 0 Å². The lowest BCUT2D eigenvalue weighted by molar-refractivity contribution is 0.0883. The number of nitrogens with one attached hydrogen (secondary N) is 2. The Kier molecular flexibility index (Phi) is 5.15. The highest BCUT2D eigenvalue weighted by molar-refractivity contribution is 6.33. The molecule has 2 unspecified atom stereocenters. The van der Waals surface area contributed by atoms with Crippen LogP contribution in [0.1, 0.15) is 43.2 Å². The highest BCUT2D eigenvalue weighted by Crippen LogP contribution is 2.32. The normalized spacial score (nSPS) is 24.1. The number of rotatable bonds is 4. The van der Waals surface area contributed by atoms with Gasteiger partial charge in [0, 0.05) is 12.1 Å². The summed E-state index contributed by atoms with van der Waals surface area (Å²) in [6.07, 6.45) is 7.48. The van der Waals surface area contributed by atoms with Crippen molar-refractivity contribution >= 4 is 23.1 Å². The molecule has 3 heterocycles. The molecule has 6 nitrogen and oxygen atoms in total. The number of hydrogen-bond donors (Lipinski definition) is 2. The van der Waals surface area contributed by atoms with Gasteiger partial charge in [-0.25, -0.2) is 9.97 Å². The molecule has 2 aliphatic rings. The van der Waals surface area contributed by atoms with Crippen LogP contribution in [0.15, 0.2) is 24.5 Å². The summed E-state index contributed by atoms with van der Waals surface area (Å²) in [6, 6.07) is 8.31. The van der Waals surface area contributed by atoms with E-state index in [2.05, 4.69) is 26.7 Å². The van der Waals surface area contributed by atoms with Gasteiger partial charge in [0.25, 0.3) is 0 Å². The number of piperidine rings is 2. The van der Waals surface area contributed by atoms with Crippen molar-refractivity contribution < 1.29 is 4.74 Å². The second kappa shape index (κ2) is 7.71. The van der Waals surface area contributed by atoms with Crippen LogP contribution < -0.4 is 15.4 Å². The highest BCUT2D eigenvalue weighted by atomic mass is 35.5. The topological polar surface area (TPSA) is 82.9 Å². The van der Waals surface area contributed by atoms with Crippen molar-refractivity contribution in [2.45, 2.75) is 57.2 Å². The predicted octanol–water partition coefficient (Wildman–Crippen LogP) is 4.11. The Labute approximate surface area is 163 Å². The first-order valence-corrected chi connectivity index (χ1v) is 9.71. The SMILES string of the molecule is Cc1c(Nc2ccc(C#N)cc2Cl)ncnc1OC1CC2CCCC(C1)N2. The first-order valence-electron chi connectivity index (χ1n) is 9.33. The van der Waals surface area contributed by atoms with E-state index in [4.69, 9.17) is 21.6 Å². The van der Waals surface area contributed by atoms with Gasteiger partial charge in [0.2, 0.25) is 5.88 Å². The standard InChI is InChI=1S/C20H22ClN5O/c1-12-19(26-18-6-5-13(10-22)7-17(18)21)23-11-24-20(12)27-16-8-14-3-2-4-15(9-16)25-14/h5-7,11,14-16,25H,2-4,8-9H2,1H3,(H,23,24,26). The van der Waals surface area contributed by atoms with Gasteiger partial charge >= 0.3 is 0 Å².